The van der Waals surface area contributed by atoms with E-state index in [0.717, 1.165) is 6.07 Å². The average Bonchev–Trinajstić information content (AvgIpc) is 2.83. The van der Waals surface area contributed by atoms with Crippen LogP contribution >= 0.6 is 0 Å². The summed E-state index contributed by atoms with van der Waals surface area (Å²) in [6.45, 7) is 0.0375. The number of aromatic amines is 2. The number of benzene rings is 2. The molecule has 3 aromatic rings. The second kappa shape index (κ2) is 6.37. The largest absolute Gasteiger partial charge is 1.00 e. The zero-order chi connectivity index (χ0) is 15.7. The second-order valence-electron chi connectivity index (χ2n) is 4.85. The van der Waals surface area contributed by atoms with Gasteiger partial charge in [0, 0.05) is 12.2 Å². The molecule has 0 saturated carbocycles. The molecule has 1 heterocycles. The molecule has 0 unspecified atom stereocenters. The van der Waals surface area contributed by atoms with Crippen LogP contribution in [0.5, 0.6) is 0 Å². The maximum Gasteiger partial charge on any atom is 0.416 e. The summed E-state index contributed by atoms with van der Waals surface area (Å²) in [5.74, 6) is 0. The number of hydrogen-bond donors (Lipinski definition) is 3. The Morgan fingerprint density at radius 2 is 1.70 bits per heavy atom. The van der Waals surface area contributed by atoms with Gasteiger partial charge in [-0.2, -0.15) is 13.2 Å². The van der Waals surface area contributed by atoms with Crippen LogP contribution in [0.3, 0.4) is 0 Å². The van der Waals surface area contributed by atoms with Gasteiger partial charge < -0.3 is 27.7 Å². The van der Waals surface area contributed by atoms with Gasteiger partial charge in [-0.25, -0.2) is 4.79 Å². The number of nitrogens with one attached hydrogen (secondary N) is 3. The number of H-pyrrole nitrogens is 2. The van der Waals surface area contributed by atoms with Crippen molar-refractivity contribution in [3.8, 4) is 0 Å². The molecule has 0 aliphatic carbocycles. The summed E-state index contributed by atoms with van der Waals surface area (Å²) in [5.41, 5.74) is 1.05. The predicted octanol–water partition coefficient (Wildman–Crippen LogP) is 0.491. The SMILES string of the molecule is O=c1[nH]c2ccc(NCc3ccccc3C(F)(F)F)cc2[nH]1.[Cl-]. The fraction of sp³-hybridized carbons (Fsp3) is 0.133. The number of fused-ring (bicyclic) bond motifs is 1. The van der Waals surface area contributed by atoms with E-state index in [2.05, 4.69) is 15.3 Å². The summed E-state index contributed by atoms with van der Waals surface area (Å²) in [7, 11) is 0. The molecule has 0 amide bonds. The summed E-state index contributed by atoms with van der Waals surface area (Å²) in [6.07, 6.45) is -4.38. The van der Waals surface area contributed by atoms with Crippen molar-refractivity contribution < 1.29 is 25.6 Å². The second-order valence-corrected chi connectivity index (χ2v) is 4.85. The Morgan fingerprint density at radius 3 is 2.43 bits per heavy atom. The van der Waals surface area contributed by atoms with E-state index in [1.807, 2.05) is 0 Å². The Balaban J connectivity index is 0.00000192. The maximum atomic E-state index is 12.9. The lowest BCUT2D eigenvalue weighted by Gasteiger charge is -2.13. The van der Waals surface area contributed by atoms with Crippen molar-refractivity contribution in [3.05, 3.63) is 64.1 Å². The number of rotatable bonds is 3. The van der Waals surface area contributed by atoms with Crippen molar-refractivity contribution in [3.63, 3.8) is 0 Å². The minimum atomic E-state index is -4.38. The summed E-state index contributed by atoms with van der Waals surface area (Å²) in [5, 5.41) is 2.94. The van der Waals surface area contributed by atoms with Gasteiger partial charge in [0.1, 0.15) is 0 Å². The molecule has 0 spiro atoms. The van der Waals surface area contributed by atoms with E-state index in [0.29, 0.717) is 16.7 Å². The Morgan fingerprint density at radius 1 is 1.00 bits per heavy atom. The van der Waals surface area contributed by atoms with Gasteiger partial charge in [-0.05, 0) is 29.8 Å². The lowest BCUT2D eigenvalue weighted by atomic mass is 10.1. The molecule has 23 heavy (non-hydrogen) atoms. The molecule has 0 bridgehead atoms. The van der Waals surface area contributed by atoms with Gasteiger partial charge in [0.15, 0.2) is 0 Å². The van der Waals surface area contributed by atoms with Crippen molar-refractivity contribution in [2.45, 2.75) is 12.7 Å². The third kappa shape index (κ3) is 3.68. The minimum Gasteiger partial charge on any atom is -1.00 e. The van der Waals surface area contributed by atoms with Crippen LogP contribution in [0.2, 0.25) is 0 Å². The fourth-order valence-corrected chi connectivity index (χ4v) is 2.29. The molecule has 8 heteroatoms. The van der Waals surface area contributed by atoms with Crippen molar-refractivity contribution in [2.24, 2.45) is 0 Å². The first kappa shape index (κ1) is 17.0. The minimum absolute atomic E-state index is 0. The Kier molecular flexibility index (Phi) is 4.70. The number of aromatic nitrogens is 2. The third-order valence-electron chi connectivity index (χ3n) is 3.32. The van der Waals surface area contributed by atoms with Gasteiger partial charge in [0.05, 0.1) is 16.6 Å². The number of imidazole rings is 1. The van der Waals surface area contributed by atoms with Gasteiger partial charge in [0.2, 0.25) is 0 Å². The van der Waals surface area contributed by atoms with E-state index in [1.165, 1.54) is 12.1 Å². The maximum absolute atomic E-state index is 12.9. The van der Waals surface area contributed by atoms with Crippen LogP contribution < -0.4 is 23.4 Å². The summed E-state index contributed by atoms with van der Waals surface area (Å²) < 4.78 is 38.7. The molecule has 0 atom stereocenters. The molecule has 122 valence electrons. The van der Waals surface area contributed by atoms with E-state index in [9.17, 15) is 18.0 Å². The summed E-state index contributed by atoms with van der Waals surface area (Å²) in [6, 6.07) is 10.5. The molecular formula is C15H12ClF3N3O-. The van der Waals surface area contributed by atoms with Gasteiger partial charge in [0.25, 0.3) is 0 Å². The zero-order valence-electron chi connectivity index (χ0n) is 11.7. The lowest BCUT2D eigenvalue weighted by molar-refractivity contribution is -0.138. The van der Waals surface area contributed by atoms with E-state index in [1.54, 1.807) is 24.3 Å². The van der Waals surface area contributed by atoms with Gasteiger partial charge in [-0.15, -0.1) is 0 Å². The van der Waals surface area contributed by atoms with Crippen LogP contribution in [0.1, 0.15) is 11.1 Å². The highest BCUT2D eigenvalue weighted by Crippen LogP contribution is 2.32. The summed E-state index contributed by atoms with van der Waals surface area (Å²) in [4.78, 5) is 16.4. The molecule has 0 radical (unpaired) electrons. The van der Waals surface area contributed by atoms with Crippen LogP contribution in [-0.4, -0.2) is 9.97 Å². The number of halogens is 4. The van der Waals surface area contributed by atoms with Gasteiger partial charge >= 0.3 is 11.9 Å². The third-order valence-corrected chi connectivity index (χ3v) is 3.32. The Bertz CT molecular complexity index is 870. The average molecular weight is 343 g/mol. The Labute approximate surface area is 135 Å². The van der Waals surface area contributed by atoms with E-state index in [4.69, 9.17) is 0 Å². The summed E-state index contributed by atoms with van der Waals surface area (Å²) >= 11 is 0. The van der Waals surface area contributed by atoms with E-state index >= 15 is 0 Å². The van der Waals surface area contributed by atoms with Crippen molar-refractivity contribution in [2.75, 3.05) is 5.32 Å². The highest BCUT2D eigenvalue weighted by molar-refractivity contribution is 5.78. The standard InChI is InChI=1S/C15H12F3N3O.ClH/c16-15(17,18)11-4-2-1-3-9(11)8-19-10-5-6-12-13(7-10)21-14(22)20-12;/h1-7,19H,8H2,(H2,20,21,22);1H/p-1. The normalized spacial score (nSPS) is 11.3. The topological polar surface area (TPSA) is 60.7 Å². The van der Waals surface area contributed by atoms with Crippen molar-refractivity contribution >= 4 is 16.7 Å². The molecule has 0 saturated heterocycles. The molecule has 2 aromatic carbocycles. The first-order valence-electron chi connectivity index (χ1n) is 6.54. The zero-order valence-corrected chi connectivity index (χ0v) is 12.4. The predicted molar refractivity (Wildman–Crippen MR) is 77.7 cm³/mol. The molecule has 3 rings (SSSR count). The number of alkyl halides is 3. The van der Waals surface area contributed by atoms with E-state index < -0.39 is 11.7 Å². The van der Waals surface area contributed by atoms with Crippen LogP contribution in [0, 0.1) is 0 Å². The smallest absolute Gasteiger partial charge is 0.416 e. The quantitative estimate of drug-likeness (QED) is 0.649. The van der Waals surface area contributed by atoms with Gasteiger partial charge in [-0.3, -0.25) is 0 Å². The van der Waals surface area contributed by atoms with E-state index in [-0.39, 0.29) is 30.2 Å². The molecule has 0 aliphatic rings. The molecule has 1 aromatic heterocycles. The molecule has 4 nitrogen and oxygen atoms in total. The number of hydrogen-bond acceptors (Lipinski definition) is 2. The molecule has 0 aliphatic heterocycles. The first-order chi connectivity index (χ1) is 10.4. The van der Waals surface area contributed by atoms with Crippen LogP contribution in [0.25, 0.3) is 11.0 Å². The fourth-order valence-electron chi connectivity index (χ4n) is 2.29. The van der Waals surface area contributed by atoms with Crippen molar-refractivity contribution in [1.82, 2.24) is 9.97 Å². The monoisotopic (exact) mass is 342 g/mol. The van der Waals surface area contributed by atoms with Crippen LogP contribution in [0.4, 0.5) is 18.9 Å². The highest BCUT2D eigenvalue weighted by atomic mass is 35.5. The van der Waals surface area contributed by atoms with Gasteiger partial charge in [-0.1, -0.05) is 18.2 Å². The molecule has 3 N–H and O–H groups in total. The lowest BCUT2D eigenvalue weighted by Crippen LogP contribution is -3.00. The Hall–Kier alpha value is -2.41. The van der Waals surface area contributed by atoms with Crippen molar-refractivity contribution in [1.29, 1.82) is 0 Å². The number of anilines is 1. The highest BCUT2D eigenvalue weighted by Gasteiger charge is 2.32. The molecule has 0 fully saturated rings. The van der Waals surface area contributed by atoms with Crippen LogP contribution in [-0.2, 0) is 12.7 Å². The molecular weight excluding hydrogens is 331 g/mol. The van der Waals surface area contributed by atoms with Crippen LogP contribution in [0.15, 0.2) is 47.3 Å². The first-order valence-corrected chi connectivity index (χ1v) is 6.54.